The van der Waals surface area contributed by atoms with Crippen molar-refractivity contribution in [2.75, 3.05) is 58.3 Å². The molecule has 8 heteroatoms. The minimum absolute atomic E-state index is 0.0941. The SMILES string of the molecule is CN(C)C[C@H]1O[C@@H](CO)[C@@H](O)[C@H]1N1CCN(c2ncccn2)CC1. The van der Waals surface area contributed by atoms with Gasteiger partial charge < -0.3 is 24.7 Å². The van der Waals surface area contributed by atoms with Gasteiger partial charge in [-0.2, -0.15) is 0 Å². The molecule has 24 heavy (non-hydrogen) atoms. The Hall–Kier alpha value is -1.32. The molecule has 1 aromatic heterocycles. The lowest BCUT2D eigenvalue weighted by Gasteiger charge is -2.40. The van der Waals surface area contributed by atoms with Crippen molar-refractivity contribution < 1.29 is 14.9 Å². The first-order valence-electron chi connectivity index (χ1n) is 8.45. The number of hydrogen-bond donors (Lipinski definition) is 2. The van der Waals surface area contributed by atoms with Gasteiger partial charge in [0.05, 0.1) is 18.8 Å². The van der Waals surface area contributed by atoms with Crippen molar-refractivity contribution in [3.8, 4) is 0 Å². The summed E-state index contributed by atoms with van der Waals surface area (Å²) in [6, 6.07) is 1.72. The monoisotopic (exact) mass is 337 g/mol. The van der Waals surface area contributed by atoms with Crippen LogP contribution in [0.4, 0.5) is 5.95 Å². The van der Waals surface area contributed by atoms with E-state index in [1.165, 1.54) is 0 Å². The predicted octanol–water partition coefficient (Wildman–Crippen LogP) is -1.35. The summed E-state index contributed by atoms with van der Waals surface area (Å²) in [6.07, 6.45) is 2.23. The zero-order valence-electron chi connectivity index (χ0n) is 14.3. The first-order valence-corrected chi connectivity index (χ1v) is 8.45. The third-order valence-corrected chi connectivity index (χ3v) is 4.76. The number of nitrogens with zero attached hydrogens (tertiary/aromatic N) is 5. The van der Waals surface area contributed by atoms with E-state index in [0.29, 0.717) is 0 Å². The van der Waals surface area contributed by atoms with Crippen molar-refractivity contribution in [1.82, 2.24) is 19.8 Å². The summed E-state index contributed by atoms with van der Waals surface area (Å²) in [5, 5.41) is 20.0. The lowest BCUT2D eigenvalue weighted by atomic mass is 10.0. The van der Waals surface area contributed by atoms with Crippen molar-refractivity contribution in [3.05, 3.63) is 18.5 Å². The number of likely N-dealkylation sites (N-methyl/N-ethyl adjacent to an activating group) is 1. The Morgan fingerprint density at radius 3 is 2.42 bits per heavy atom. The van der Waals surface area contributed by atoms with Crippen LogP contribution in [0.25, 0.3) is 0 Å². The quantitative estimate of drug-likeness (QED) is 0.682. The van der Waals surface area contributed by atoms with Crippen LogP contribution in [0.1, 0.15) is 0 Å². The van der Waals surface area contributed by atoms with Gasteiger partial charge in [-0.3, -0.25) is 4.90 Å². The van der Waals surface area contributed by atoms with Crippen molar-refractivity contribution in [2.45, 2.75) is 24.4 Å². The Labute approximate surface area is 142 Å². The van der Waals surface area contributed by atoms with Gasteiger partial charge in [0.15, 0.2) is 0 Å². The molecule has 0 aromatic carbocycles. The maximum Gasteiger partial charge on any atom is 0.225 e. The van der Waals surface area contributed by atoms with Gasteiger partial charge in [0, 0.05) is 45.1 Å². The second-order valence-corrected chi connectivity index (χ2v) is 6.71. The highest BCUT2D eigenvalue weighted by Gasteiger charge is 2.46. The highest BCUT2D eigenvalue weighted by atomic mass is 16.5. The van der Waals surface area contributed by atoms with Gasteiger partial charge in [0.25, 0.3) is 0 Å². The van der Waals surface area contributed by atoms with Crippen molar-refractivity contribution in [3.63, 3.8) is 0 Å². The Morgan fingerprint density at radius 2 is 1.83 bits per heavy atom. The van der Waals surface area contributed by atoms with Crippen LogP contribution < -0.4 is 4.90 Å². The molecule has 0 saturated carbocycles. The zero-order chi connectivity index (χ0) is 17.1. The summed E-state index contributed by atoms with van der Waals surface area (Å²) in [6.45, 7) is 3.81. The average molecular weight is 337 g/mol. The highest BCUT2D eigenvalue weighted by molar-refractivity contribution is 5.29. The minimum atomic E-state index is -0.667. The summed E-state index contributed by atoms with van der Waals surface area (Å²) in [4.78, 5) is 15.1. The normalized spacial score (nSPS) is 31.8. The third-order valence-electron chi connectivity index (χ3n) is 4.76. The number of aliphatic hydroxyl groups is 2. The van der Waals surface area contributed by atoms with Gasteiger partial charge in [0.1, 0.15) is 12.2 Å². The van der Waals surface area contributed by atoms with Crippen molar-refractivity contribution >= 4 is 5.95 Å². The van der Waals surface area contributed by atoms with E-state index in [1.54, 1.807) is 12.4 Å². The van der Waals surface area contributed by atoms with Gasteiger partial charge >= 0.3 is 0 Å². The molecule has 2 aliphatic heterocycles. The molecule has 2 fully saturated rings. The molecule has 3 rings (SSSR count). The van der Waals surface area contributed by atoms with Crippen LogP contribution in [0.2, 0.25) is 0 Å². The molecule has 0 spiro atoms. The zero-order valence-corrected chi connectivity index (χ0v) is 14.3. The van der Waals surface area contributed by atoms with E-state index in [2.05, 4.69) is 24.7 Å². The molecule has 134 valence electrons. The lowest BCUT2D eigenvalue weighted by molar-refractivity contribution is -0.0274. The predicted molar refractivity (Wildman–Crippen MR) is 89.9 cm³/mol. The molecule has 4 atom stereocenters. The molecule has 0 amide bonds. The van der Waals surface area contributed by atoms with Crippen molar-refractivity contribution in [2.24, 2.45) is 0 Å². The lowest BCUT2D eigenvalue weighted by Crippen LogP contribution is -2.57. The van der Waals surface area contributed by atoms with Crippen LogP contribution in [0.15, 0.2) is 18.5 Å². The van der Waals surface area contributed by atoms with Crippen LogP contribution in [0.5, 0.6) is 0 Å². The van der Waals surface area contributed by atoms with Gasteiger partial charge in [-0.15, -0.1) is 0 Å². The number of ether oxygens (including phenoxy) is 1. The van der Waals surface area contributed by atoms with Crippen molar-refractivity contribution in [1.29, 1.82) is 0 Å². The van der Waals surface area contributed by atoms with E-state index >= 15 is 0 Å². The van der Waals surface area contributed by atoms with Gasteiger partial charge in [-0.25, -0.2) is 9.97 Å². The number of aliphatic hydroxyl groups excluding tert-OH is 2. The summed E-state index contributed by atoms with van der Waals surface area (Å²) in [5.41, 5.74) is 0. The molecule has 3 heterocycles. The smallest absolute Gasteiger partial charge is 0.225 e. The summed E-state index contributed by atoms with van der Waals surface area (Å²) in [5.74, 6) is 0.749. The summed E-state index contributed by atoms with van der Waals surface area (Å²) >= 11 is 0. The van der Waals surface area contributed by atoms with Gasteiger partial charge in [-0.05, 0) is 20.2 Å². The first-order chi connectivity index (χ1) is 11.6. The number of piperazine rings is 1. The standard InChI is InChI=1S/C16H27N5O3/c1-19(2)10-12-14(15(23)13(11-22)24-12)20-6-8-21(9-7-20)16-17-4-3-5-18-16/h3-5,12-15,22-23H,6-11H2,1-2H3/t12-,13+,14+,15-/m1/s1. The number of hydrogen-bond acceptors (Lipinski definition) is 8. The van der Waals surface area contributed by atoms with Crippen LogP contribution in [-0.4, -0.2) is 108 Å². The van der Waals surface area contributed by atoms with Gasteiger partial charge in [-0.1, -0.05) is 0 Å². The van der Waals surface area contributed by atoms with Crippen LogP contribution >= 0.6 is 0 Å². The fraction of sp³-hybridized carbons (Fsp3) is 0.750. The second kappa shape index (κ2) is 7.71. The first kappa shape index (κ1) is 17.5. The number of aromatic nitrogens is 2. The molecule has 0 bridgehead atoms. The van der Waals surface area contributed by atoms with Crippen LogP contribution in [0.3, 0.4) is 0 Å². The molecule has 2 N–H and O–H groups in total. The third kappa shape index (κ3) is 3.68. The molecule has 0 radical (unpaired) electrons. The fourth-order valence-corrected chi connectivity index (χ4v) is 3.61. The Balaban J connectivity index is 1.65. The number of anilines is 1. The largest absolute Gasteiger partial charge is 0.394 e. The summed E-state index contributed by atoms with van der Waals surface area (Å²) in [7, 11) is 3.98. The van der Waals surface area contributed by atoms with E-state index in [0.717, 1.165) is 38.7 Å². The van der Waals surface area contributed by atoms with Crippen LogP contribution in [0, 0.1) is 0 Å². The molecular weight excluding hydrogens is 310 g/mol. The van der Waals surface area contributed by atoms with E-state index < -0.39 is 12.2 Å². The Bertz CT molecular complexity index is 510. The molecule has 0 aliphatic carbocycles. The number of rotatable bonds is 5. The minimum Gasteiger partial charge on any atom is -0.394 e. The van der Waals surface area contributed by atoms with Crippen LogP contribution in [-0.2, 0) is 4.74 Å². The molecule has 2 aliphatic rings. The highest BCUT2D eigenvalue weighted by Crippen LogP contribution is 2.27. The second-order valence-electron chi connectivity index (χ2n) is 6.71. The molecule has 2 saturated heterocycles. The fourth-order valence-electron chi connectivity index (χ4n) is 3.61. The van der Waals surface area contributed by atoms with E-state index in [1.807, 2.05) is 20.2 Å². The molecular formula is C16H27N5O3. The summed E-state index contributed by atoms with van der Waals surface area (Å²) < 4.78 is 5.89. The van der Waals surface area contributed by atoms with E-state index in [4.69, 9.17) is 4.74 Å². The maximum atomic E-state index is 10.6. The maximum absolute atomic E-state index is 10.6. The molecule has 1 aromatic rings. The van der Waals surface area contributed by atoms with E-state index in [9.17, 15) is 10.2 Å². The van der Waals surface area contributed by atoms with E-state index in [-0.39, 0.29) is 18.8 Å². The van der Waals surface area contributed by atoms with Gasteiger partial charge in [0.2, 0.25) is 5.95 Å². The average Bonchev–Trinajstić information content (AvgIpc) is 2.90. The topological polar surface area (TPSA) is 85.2 Å². The Morgan fingerprint density at radius 1 is 1.17 bits per heavy atom. The molecule has 0 unspecified atom stereocenters. The Kier molecular flexibility index (Phi) is 5.62. The molecule has 8 nitrogen and oxygen atoms in total.